The maximum Gasteiger partial charge on any atom is 0.0591 e. The monoisotopic (exact) mass is 252 g/mol. The highest BCUT2D eigenvalue weighted by atomic mass is 32.2. The minimum atomic E-state index is -1.04. The molecule has 1 aromatic carbocycles. The third kappa shape index (κ3) is 4.75. The Labute approximate surface area is 106 Å². The lowest BCUT2D eigenvalue weighted by Gasteiger charge is -2.28. The zero-order valence-electron chi connectivity index (χ0n) is 11.0. The predicted octanol–water partition coefficient (Wildman–Crippen LogP) is 5.21. The van der Waals surface area contributed by atoms with E-state index < -0.39 is 8.07 Å². The highest BCUT2D eigenvalue weighted by Gasteiger charge is 2.26. The van der Waals surface area contributed by atoms with Crippen molar-refractivity contribution in [3.63, 3.8) is 0 Å². The van der Waals surface area contributed by atoms with Gasteiger partial charge in [-0.3, -0.25) is 0 Å². The van der Waals surface area contributed by atoms with Crippen molar-refractivity contribution in [1.29, 1.82) is 0 Å². The van der Waals surface area contributed by atoms with E-state index in [-0.39, 0.29) is 0 Å². The zero-order valence-corrected chi connectivity index (χ0v) is 12.8. The Morgan fingerprint density at radius 2 is 1.75 bits per heavy atom. The number of thioether (sulfide) groups is 1. The van der Waals surface area contributed by atoms with Gasteiger partial charge in [-0.15, -0.1) is 11.8 Å². The lowest BCUT2D eigenvalue weighted by Crippen LogP contribution is -2.35. The van der Waals surface area contributed by atoms with E-state index in [4.69, 9.17) is 0 Å². The Balaban J connectivity index is 2.64. The van der Waals surface area contributed by atoms with Gasteiger partial charge in [-0.25, -0.2) is 0 Å². The molecule has 0 radical (unpaired) electrons. The summed E-state index contributed by atoms with van der Waals surface area (Å²) in [7, 11) is -1.04. The first-order chi connectivity index (χ1) is 7.54. The lowest BCUT2D eigenvalue weighted by atomic mass is 10.3. The molecule has 90 valence electrons. The molecule has 0 aliphatic rings. The number of hydrogen-bond acceptors (Lipinski definition) is 1. The number of unbranched alkanes of at least 4 members (excludes halogenated alkanes) is 1. The quantitative estimate of drug-likeness (QED) is 0.494. The summed E-state index contributed by atoms with van der Waals surface area (Å²) in [5.74, 6) is 0. The standard InChI is InChI=1S/C14H24SSi/c1-5-6-12-14(16(2,3)4)15-13-10-8-7-9-11-13/h7-11,14H,5-6,12H2,1-4H3. The average Bonchev–Trinajstić information content (AvgIpc) is 2.24. The van der Waals surface area contributed by atoms with Gasteiger partial charge < -0.3 is 0 Å². The highest BCUT2D eigenvalue weighted by Crippen LogP contribution is 2.32. The number of rotatable bonds is 6. The predicted molar refractivity (Wildman–Crippen MR) is 79.0 cm³/mol. The second-order valence-electron chi connectivity index (χ2n) is 5.43. The molecule has 1 unspecified atom stereocenters. The fourth-order valence-corrected chi connectivity index (χ4v) is 5.54. The van der Waals surface area contributed by atoms with Gasteiger partial charge >= 0.3 is 0 Å². The summed E-state index contributed by atoms with van der Waals surface area (Å²) in [5.41, 5.74) is 0. The molecule has 1 atom stereocenters. The molecule has 1 aromatic rings. The maximum absolute atomic E-state index is 2.49. The molecule has 0 amide bonds. The molecule has 0 bridgehead atoms. The van der Waals surface area contributed by atoms with Gasteiger partial charge in [0.2, 0.25) is 0 Å². The van der Waals surface area contributed by atoms with Crippen LogP contribution < -0.4 is 0 Å². The molecule has 0 fully saturated rings. The topological polar surface area (TPSA) is 0 Å². The molecule has 0 saturated carbocycles. The van der Waals surface area contributed by atoms with Gasteiger partial charge in [0.05, 0.1) is 8.07 Å². The summed E-state index contributed by atoms with van der Waals surface area (Å²) in [5, 5.41) is 0. The van der Waals surface area contributed by atoms with E-state index in [0.717, 1.165) is 4.87 Å². The van der Waals surface area contributed by atoms with Crippen molar-refractivity contribution < 1.29 is 0 Å². The molecule has 0 nitrogen and oxygen atoms in total. The van der Waals surface area contributed by atoms with Crippen LogP contribution in [-0.4, -0.2) is 12.9 Å². The minimum absolute atomic E-state index is 0.856. The van der Waals surface area contributed by atoms with Crippen LogP contribution in [0.3, 0.4) is 0 Å². The molecule has 0 aromatic heterocycles. The van der Waals surface area contributed by atoms with Crippen LogP contribution in [-0.2, 0) is 0 Å². The van der Waals surface area contributed by atoms with Crippen molar-refractivity contribution in [2.75, 3.05) is 0 Å². The van der Waals surface area contributed by atoms with Gasteiger partial charge in [0.15, 0.2) is 0 Å². The highest BCUT2D eigenvalue weighted by molar-refractivity contribution is 8.01. The first kappa shape index (κ1) is 13.9. The number of benzene rings is 1. The summed E-state index contributed by atoms with van der Waals surface area (Å²) in [6.07, 6.45) is 4.07. The van der Waals surface area contributed by atoms with Gasteiger partial charge in [-0.1, -0.05) is 57.6 Å². The summed E-state index contributed by atoms with van der Waals surface area (Å²) >= 11 is 2.10. The molecule has 2 heteroatoms. The Hall–Kier alpha value is -0.213. The van der Waals surface area contributed by atoms with Crippen molar-refractivity contribution >= 4 is 19.8 Å². The summed E-state index contributed by atoms with van der Waals surface area (Å²) < 4.78 is 0. The molecular formula is C14H24SSi. The van der Waals surface area contributed by atoms with Gasteiger partial charge in [-0.05, 0) is 18.6 Å². The van der Waals surface area contributed by atoms with Crippen LogP contribution in [0, 0.1) is 0 Å². The minimum Gasteiger partial charge on any atom is -0.126 e. The van der Waals surface area contributed by atoms with Gasteiger partial charge in [0.25, 0.3) is 0 Å². The van der Waals surface area contributed by atoms with Gasteiger partial charge in [0.1, 0.15) is 0 Å². The lowest BCUT2D eigenvalue weighted by molar-refractivity contribution is 0.750. The molecule has 0 heterocycles. The van der Waals surface area contributed by atoms with Crippen molar-refractivity contribution in [2.45, 2.75) is 55.6 Å². The van der Waals surface area contributed by atoms with E-state index in [2.05, 4.69) is 68.7 Å². The van der Waals surface area contributed by atoms with Crippen LogP contribution in [0.1, 0.15) is 26.2 Å². The Morgan fingerprint density at radius 1 is 1.12 bits per heavy atom. The first-order valence-electron chi connectivity index (χ1n) is 6.25. The van der Waals surface area contributed by atoms with Crippen LogP contribution in [0.5, 0.6) is 0 Å². The van der Waals surface area contributed by atoms with E-state index >= 15 is 0 Å². The van der Waals surface area contributed by atoms with E-state index in [1.807, 2.05) is 0 Å². The third-order valence-corrected chi connectivity index (χ3v) is 8.57. The van der Waals surface area contributed by atoms with Crippen molar-refractivity contribution in [1.82, 2.24) is 0 Å². The third-order valence-electron chi connectivity index (χ3n) is 2.81. The van der Waals surface area contributed by atoms with E-state index in [1.54, 1.807) is 0 Å². The normalized spacial score (nSPS) is 13.8. The fourth-order valence-electron chi connectivity index (χ4n) is 1.72. The van der Waals surface area contributed by atoms with Crippen molar-refractivity contribution in [3.8, 4) is 0 Å². The molecule has 16 heavy (non-hydrogen) atoms. The van der Waals surface area contributed by atoms with Crippen LogP contribution in [0.25, 0.3) is 0 Å². The van der Waals surface area contributed by atoms with Crippen LogP contribution in [0.2, 0.25) is 19.6 Å². The summed E-state index contributed by atoms with van der Waals surface area (Å²) in [4.78, 5) is 2.29. The number of hydrogen-bond donors (Lipinski definition) is 0. The second kappa shape index (κ2) is 6.50. The molecule has 0 aliphatic heterocycles. The van der Waals surface area contributed by atoms with Crippen molar-refractivity contribution in [2.24, 2.45) is 0 Å². The molecule has 0 aliphatic carbocycles. The smallest absolute Gasteiger partial charge is 0.0591 e. The summed E-state index contributed by atoms with van der Waals surface area (Å²) in [6, 6.07) is 10.9. The zero-order chi connectivity index (χ0) is 12.0. The largest absolute Gasteiger partial charge is 0.126 e. The molecule has 0 saturated heterocycles. The van der Waals surface area contributed by atoms with E-state index in [9.17, 15) is 0 Å². The van der Waals surface area contributed by atoms with Crippen LogP contribution in [0.15, 0.2) is 35.2 Å². The molecule has 0 N–H and O–H groups in total. The van der Waals surface area contributed by atoms with Crippen molar-refractivity contribution in [3.05, 3.63) is 30.3 Å². The SMILES string of the molecule is CCCCC(Sc1ccccc1)[Si](C)(C)C. The molecule has 0 spiro atoms. The Morgan fingerprint density at radius 3 is 2.25 bits per heavy atom. The van der Waals surface area contributed by atoms with Gasteiger partial charge in [-0.2, -0.15) is 0 Å². The Bertz CT molecular complexity index is 289. The van der Waals surface area contributed by atoms with Gasteiger partial charge in [0, 0.05) is 9.77 Å². The second-order valence-corrected chi connectivity index (χ2v) is 12.6. The maximum atomic E-state index is 2.49. The first-order valence-corrected chi connectivity index (χ1v) is 10.7. The molecular weight excluding hydrogens is 228 g/mol. The average molecular weight is 252 g/mol. The van der Waals surface area contributed by atoms with Crippen LogP contribution in [0.4, 0.5) is 0 Å². The van der Waals surface area contributed by atoms with E-state index in [1.165, 1.54) is 24.2 Å². The fraction of sp³-hybridized carbons (Fsp3) is 0.571. The molecule has 1 rings (SSSR count). The van der Waals surface area contributed by atoms with E-state index in [0.29, 0.717) is 0 Å². The van der Waals surface area contributed by atoms with Crippen LogP contribution >= 0.6 is 11.8 Å². The Kier molecular flexibility index (Phi) is 5.63. The summed E-state index contributed by atoms with van der Waals surface area (Å²) in [6.45, 7) is 9.75.